The Morgan fingerprint density at radius 1 is 1.10 bits per heavy atom. The molecule has 2 rings (SSSR count). The van der Waals surface area contributed by atoms with E-state index in [2.05, 4.69) is 61.4 Å². The van der Waals surface area contributed by atoms with Gasteiger partial charge in [-0.2, -0.15) is 5.26 Å². The Morgan fingerprint density at radius 3 is 2.40 bits per heavy atom. The maximum Gasteiger partial charge on any atom is 0.182 e. The smallest absolute Gasteiger partial charge is 0.182 e. The summed E-state index contributed by atoms with van der Waals surface area (Å²) in [5.74, 6) is 0.459. The Bertz CT molecular complexity index is 646. The maximum atomic E-state index is 8.55. The first-order valence-electron chi connectivity index (χ1n) is 6.52. The monoisotopic (exact) mass is 266 g/mol. The van der Waals surface area contributed by atoms with E-state index in [1.165, 1.54) is 5.56 Å². The summed E-state index contributed by atoms with van der Waals surface area (Å²) in [7, 11) is 0. The number of aromatic nitrogens is 2. The molecule has 1 aromatic carbocycles. The lowest BCUT2D eigenvalue weighted by Gasteiger charge is -2.20. The Morgan fingerprint density at radius 2 is 1.85 bits per heavy atom. The van der Waals surface area contributed by atoms with Gasteiger partial charge in [0.15, 0.2) is 12.0 Å². The molecular formula is C16H18N4. The molecular weight excluding hydrogens is 248 g/mol. The number of aryl methyl sites for hydroxylation is 1. The van der Waals surface area contributed by atoms with Gasteiger partial charge >= 0.3 is 0 Å². The molecule has 4 nitrogen and oxygen atoms in total. The van der Waals surface area contributed by atoms with E-state index >= 15 is 0 Å². The summed E-state index contributed by atoms with van der Waals surface area (Å²) in [6.45, 7) is 8.62. The lowest BCUT2D eigenvalue weighted by atomic mass is 9.85. The average molecular weight is 266 g/mol. The van der Waals surface area contributed by atoms with Gasteiger partial charge in [0.05, 0.1) is 5.69 Å². The molecule has 0 radical (unpaired) electrons. The topological polar surface area (TPSA) is 61.6 Å². The van der Waals surface area contributed by atoms with Gasteiger partial charge in [-0.25, -0.2) is 0 Å². The first-order valence-corrected chi connectivity index (χ1v) is 6.52. The van der Waals surface area contributed by atoms with Gasteiger partial charge in [-0.05, 0) is 41.7 Å². The molecule has 1 heterocycles. The molecule has 0 spiro atoms. The van der Waals surface area contributed by atoms with Crippen LogP contribution in [0.3, 0.4) is 0 Å². The molecule has 1 aromatic heterocycles. The molecule has 0 unspecified atom stereocenters. The third-order valence-electron chi connectivity index (χ3n) is 3.23. The highest BCUT2D eigenvalue weighted by Gasteiger charge is 2.15. The normalized spacial score (nSPS) is 10.9. The van der Waals surface area contributed by atoms with Gasteiger partial charge in [0.2, 0.25) is 0 Å². The van der Waals surface area contributed by atoms with Gasteiger partial charge in [-0.15, -0.1) is 10.2 Å². The zero-order valence-corrected chi connectivity index (χ0v) is 12.2. The quantitative estimate of drug-likeness (QED) is 0.666. The number of benzene rings is 1. The molecule has 0 aliphatic carbocycles. The van der Waals surface area contributed by atoms with Crippen molar-refractivity contribution in [3.8, 4) is 17.5 Å². The fourth-order valence-electron chi connectivity index (χ4n) is 1.96. The van der Waals surface area contributed by atoms with Crippen LogP contribution in [0.15, 0.2) is 30.3 Å². The molecule has 4 heteroatoms. The van der Waals surface area contributed by atoms with Crippen LogP contribution in [0, 0.1) is 18.4 Å². The Hall–Kier alpha value is -2.41. The summed E-state index contributed by atoms with van der Waals surface area (Å²) in [4.78, 5) is 0. The second kappa shape index (κ2) is 5.30. The standard InChI is InChI=1S/C16H18N4/c1-11-5-6-12(16(2,3)4)9-13(11)14-7-8-15(18-10-17)20-19-14/h5-9H,1-4H3,(H,18,20). The summed E-state index contributed by atoms with van der Waals surface area (Å²) >= 11 is 0. The summed E-state index contributed by atoms with van der Waals surface area (Å²) < 4.78 is 0. The molecule has 0 atom stereocenters. The number of nitrogens with one attached hydrogen (secondary N) is 1. The highest BCUT2D eigenvalue weighted by molar-refractivity contribution is 5.65. The molecule has 20 heavy (non-hydrogen) atoms. The third-order valence-corrected chi connectivity index (χ3v) is 3.23. The van der Waals surface area contributed by atoms with Crippen LogP contribution in [0.2, 0.25) is 0 Å². The predicted molar refractivity (Wildman–Crippen MR) is 80.1 cm³/mol. The molecule has 0 amide bonds. The van der Waals surface area contributed by atoms with Gasteiger partial charge in [0.25, 0.3) is 0 Å². The third kappa shape index (κ3) is 2.94. The second-order valence-electron chi connectivity index (χ2n) is 5.82. The van der Waals surface area contributed by atoms with Crippen molar-refractivity contribution in [2.24, 2.45) is 0 Å². The van der Waals surface area contributed by atoms with Crippen LogP contribution >= 0.6 is 0 Å². The number of anilines is 1. The van der Waals surface area contributed by atoms with E-state index in [1.54, 1.807) is 6.07 Å². The number of hydrogen-bond donors (Lipinski definition) is 1. The number of hydrogen-bond acceptors (Lipinski definition) is 4. The van der Waals surface area contributed by atoms with E-state index in [0.717, 1.165) is 16.8 Å². The van der Waals surface area contributed by atoms with E-state index in [4.69, 9.17) is 5.26 Å². The Labute approximate surface area is 119 Å². The number of nitrogens with zero attached hydrogens (tertiary/aromatic N) is 3. The van der Waals surface area contributed by atoms with Crippen molar-refractivity contribution in [1.82, 2.24) is 10.2 Å². The van der Waals surface area contributed by atoms with Gasteiger partial charge in [0.1, 0.15) is 0 Å². The predicted octanol–water partition coefficient (Wildman–Crippen LogP) is 3.64. The van der Waals surface area contributed by atoms with Crippen LogP contribution < -0.4 is 5.32 Å². The van der Waals surface area contributed by atoms with E-state index in [-0.39, 0.29) is 5.41 Å². The van der Waals surface area contributed by atoms with Crippen molar-refractivity contribution in [3.05, 3.63) is 41.5 Å². The summed E-state index contributed by atoms with van der Waals surface area (Å²) in [6, 6.07) is 10.1. The van der Waals surface area contributed by atoms with Crippen molar-refractivity contribution in [1.29, 1.82) is 5.26 Å². The minimum atomic E-state index is 0.0954. The van der Waals surface area contributed by atoms with Crippen molar-refractivity contribution >= 4 is 5.82 Å². The first-order chi connectivity index (χ1) is 9.41. The Kier molecular flexibility index (Phi) is 3.71. The summed E-state index contributed by atoms with van der Waals surface area (Å²) in [6.07, 6.45) is 1.83. The van der Waals surface area contributed by atoms with Crippen LogP contribution in [0.25, 0.3) is 11.3 Å². The fraction of sp³-hybridized carbons (Fsp3) is 0.312. The van der Waals surface area contributed by atoms with Crippen molar-refractivity contribution < 1.29 is 0 Å². The average Bonchev–Trinajstić information content (AvgIpc) is 2.39. The van der Waals surface area contributed by atoms with E-state index in [9.17, 15) is 0 Å². The van der Waals surface area contributed by atoms with Crippen molar-refractivity contribution in [2.45, 2.75) is 33.1 Å². The summed E-state index contributed by atoms with van der Waals surface area (Å²) in [5, 5.41) is 19.2. The zero-order valence-electron chi connectivity index (χ0n) is 12.2. The van der Waals surface area contributed by atoms with Gasteiger partial charge < -0.3 is 0 Å². The molecule has 0 saturated heterocycles. The molecule has 2 aromatic rings. The van der Waals surface area contributed by atoms with E-state index < -0.39 is 0 Å². The van der Waals surface area contributed by atoms with Crippen LogP contribution in [-0.4, -0.2) is 10.2 Å². The fourth-order valence-corrected chi connectivity index (χ4v) is 1.96. The highest BCUT2D eigenvalue weighted by Crippen LogP contribution is 2.29. The molecule has 0 saturated carbocycles. The van der Waals surface area contributed by atoms with Gasteiger partial charge in [0, 0.05) is 5.56 Å². The second-order valence-corrected chi connectivity index (χ2v) is 5.82. The number of nitriles is 1. The molecule has 1 N–H and O–H groups in total. The largest absolute Gasteiger partial charge is 0.275 e. The van der Waals surface area contributed by atoms with Crippen LogP contribution in [0.4, 0.5) is 5.82 Å². The van der Waals surface area contributed by atoms with E-state index in [1.807, 2.05) is 12.3 Å². The molecule has 0 fully saturated rings. The van der Waals surface area contributed by atoms with Crippen LogP contribution in [0.1, 0.15) is 31.9 Å². The Balaban J connectivity index is 2.44. The SMILES string of the molecule is Cc1ccc(C(C)(C)C)cc1-c1ccc(NC#N)nn1. The minimum absolute atomic E-state index is 0.0954. The van der Waals surface area contributed by atoms with Crippen LogP contribution in [0.5, 0.6) is 0 Å². The highest BCUT2D eigenvalue weighted by atomic mass is 15.2. The lowest BCUT2D eigenvalue weighted by molar-refractivity contribution is 0.590. The van der Waals surface area contributed by atoms with Crippen molar-refractivity contribution in [2.75, 3.05) is 5.32 Å². The maximum absolute atomic E-state index is 8.55. The van der Waals surface area contributed by atoms with Crippen molar-refractivity contribution in [3.63, 3.8) is 0 Å². The minimum Gasteiger partial charge on any atom is -0.275 e. The van der Waals surface area contributed by atoms with Gasteiger partial charge in [-0.1, -0.05) is 32.9 Å². The molecule has 0 aliphatic rings. The molecule has 0 aliphatic heterocycles. The molecule has 0 bridgehead atoms. The van der Waals surface area contributed by atoms with Crippen LogP contribution in [-0.2, 0) is 5.41 Å². The first kappa shape index (κ1) is 14.0. The number of rotatable bonds is 2. The zero-order chi connectivity index (χ0) is 14.8. The van der Waals surface area contributed by atoms with Gasteiger partial charge in [-0.3, -0.25) is 5.32 Å². The van der Waals surface area contributed by atoms with E-state index in [0.29, 0.717) is 5.82 Å². The lowest BCUT2D eigenvalue weighted by Crippen LogP contribution is -2.11. The summed E-state index contributed by atoms with van der Waals surface area (Å²) in [5.41, 5.74) is 4.41. The molecule has 102 valence electrons.